The van der Waals surface area contributed by atoms with Crippen LogP contribution in [0.15, 0.2) is 11.1 Å². The van der Waals surface area contributed by atoms with Crippen molar-refractivity contribution in [1.82, 2.24) is 0 Å². The molecule has 4 aliphatic carbocycles. The maximum atomic E-state index is 12.4. The number of methoxy groups -OCH3 is 1. The average molecular weight is 419 g/mol. The van der Waals surface area contributed by atoms with Crippen LogP contribution in [-0.4, -0.2) is 35.5 Å². The Morgan fingerprint density at radius 1 is 1.00 bits per heavy atom. The number of aliphatic hydroxyl groups is 2. The van der Waals surface area contributed by atoms with Crippen molar-refractivity contribution in [3.8, 4) is 0 Å². The van der Waals surface area contributed by atoms with Crippen LogP contribution >= 0.6 is 0 Å². The average Bonchev–Trinajstić information content (AvgIpc) is 2.98. The smallest absolute Gasteiger partial charge is 0.308 e. The first-order valence-corrected chi connectivity index (χ1v) is 12.0. The van der Waals surface area contributed by atoms with Crippen molar-refractivity contribution in [2.45, 2.75) is 98.7 Å². The van der Waals surface area contributed by atoms with Gasteiger partial charge in [-0.1, -0.05) is 52.7 Å². The van der Waals surface area contributed by atoms with E-state index in [1.54, 1.807) is 5.57 Å². The Morgan fingerprint density at radius 3 is 2.30 bits per heavy atom. The molecule has 2 N–H and O–H groups in total. The third-order valence-electron chi connectivity index (χ3n) is 11.0. The van der Waals surface area contributed by atoms with Gasteiger partial charge in [-0.05, 0) is 73.0 Å². The summed E-state index contributed by atoms with van der Waals surface area (Å²) in [5, 5.41) is 22.4. The maximum absolute atomic E-state index is 12.4. The monoisotopic (exact) mass is 418 g/mol. The lowest BCUT2D eigenvalue weighted by Gasteiger charge is -2.63. The lowest BCUT2D eigenvalue weighted by molar-refractivity contribution is -0.153. The van der Waals surface area contributed by atoms with Crippen LogP contribution in [0.3, 0.4) is 0 Å². The standard InChI is InChI=1S/C26H42O4/c1-15(22(29)30-7)16-10-13-25(5)17-8-9-19-23(2,3)20(27)11-12-24(19,4)18(17)14-21(28)26(16,25)6/h15-16,19-21,27-28H,8-14H2,1-7H3/t15-,16+,19+,20-,21+,24+,25-,26-/m0/s1. The molecule has 0 spiro atoms. The quantitative estimate of drug-likeness (QED) is 0.496. The molecule has 0 aliphatic heterocycles. The summed E-state index contributed by atoms with van der Waals surface area (Å²) in [4.78, 5) is 12.4. The Balaban J connectivity index is 1.80. The molecule has 0 bridgehead atoms. The van der Waals surface area contributed by atoms with Crippen LogP contribution in [-0.2, 0) is 9.53 Å². The Bertz CT molecular complexity index is 769. The molecular weight excluding hydrogens is 376 g/mol. The van der Waals surface area contributed by atoms with Crippen LogP contribution in [0.5, 0.6) is 0 Å². The molecule has 4 heteroatoms. The van der Waals surface area contributed by atoms with Crippen LogP contribution in [0.25, 0.3) is 0 Å². The molecule has 0 aromatic carbocycles. The van der Waals surface area contributed by atoms with Crippen molar-refractivity contribution in [3.63, 3.8) is 0 Å². The van der Waals surface area contributed by atoms with Crippen molar-refractivity contribution < 1.29 is 19.7 Å². The first kappa shape index (κ1) is 22.3. The number of fused-ring (bicyclic) bond motifs is 4. The Labute approximate surface area is 182 Å². The summed E-state index contributed by atoms with van der Waals surface area (Å²) < 4.78 is 5.09. The summed E-state index contributed by atoms with van der Waals surface area (Å²) in [7, 11) is 1.47. The molecule has 170 valence electrons. The van der Waals surface area contributed by atoms with E-state index in [0.29, 0.717) is 12.3 Å². The Kier molecular flexibility index (Phi) is 5.07. The number of ether oxygens (including phenoxy) is 1. The lowest BCUT2D eigenvalue weighted by atomic mass is 9.42. The fourth-order valence-corrected chi connectivity index (χ4v) is 8.88. The molecule has 4 aliphatic rings. The van der Waals surface area contributed by atoms with E-state index in [2.05, 4.69) is 34.6 Å². The van der Waals surface area contributed by atoms with Crippen molar-refractivity contribution in [2.24, 2.45) is 39.4 Å². The highest BCUT2D eigenvalue weighted by molar-refractivity contribution is 5.72. The van der Waals surface area contributed by atoms with E-state index >= 15 is 0 Å². The number of allylic oxidation sites excluding steroid dienone is 1. The molecular formula is C26H42O4. The van der Waals surface area contributed by atoms with Crippen LogP contribution < -0.4 is 0 Å². The third-order valence-corrected chi connectivity index (χ3v) is 11.0. The van der Waals surface area contributed by atoms with Gasteiger partial charge in [-0.15, -0.1) is 0 Å². The van der Waals surface area contributed by atoms with Crippen LogP contribution in [0, 0.1) is 39.4 Å². The fourth-order valence-electron chi connectivity index (χ4n) is 8.88. The molecule has 0 heterocycles. The normalized spacial score (nSPS) is 48.4. The van der Waals surface area contributed by atoms with Gasteiger partial charge in [0, 0.05) is 5.41 Å². The topological polar surface area (TPSA) is 66.8 Å². The predicted octanol–water partition coefficient (Wildman–Crippen LogP) is 4.88. The fraction of sp³-hybridized carbons (Fsp3) is 0.885. The number of rotatable bonds is 2. The Morgan fingerprint density at radius 2 is 1.67 bits per heavy atom. The SMILES string of the molecule is COC(=O)[C@@H](C)[C@H]1CC[C@@]2(C)C3=C(C[C@@H](O)[C@]12C)[C@@]1(C)CC[C@H](O)C(C)(C)[C@H]1CC3. The summed E-state index contributed by atoms with van der Waals surface area (Å²) >= 11 is 0. The van der Waals surface area contributed by atoms with Crippen molar-refractivity contribution in [3.05, 3.63) is 11.1 Å². The molecule has 2 fully saturated rings. The van der Waals surface area contributed by atoms with E-state index < -0.39 is 6.10 Å². The summed E-state index contributed by atoms with van der Waals surface area (Å²) in [5.74, 6) is 0.221. The van der Waals surface area contributed by atoms with Gasteiger partial charge in [-0.3, -0.25) is 4.79 Å². The van der Waals surface area contributed by atoms with Gasteiger partial charge in [0.25, 0.3) is 0 Å². The molecule has 0 saturated heterocycles. The summed E-state index contributed by atoms with van der Waals surface area (Å²) in [5.41, 5.74) is 2.61. The predicted molar refractivity (Wildman–Crippen MR) is 118 cm³/mol. The van der Waals surface area contributed by atoms with E-state index in [-0.39, 0.29) is 45.6 Å². The number of carbonyl (C=O) groups is 1. The largest absolute Gasteiger partial charge is 0.469 e. The zero-order chi connectivity index (χ0) is 22.3. The van der Waals surface area contributed by atoms with Crippen molar-refractivity contribution >= 4 is 5.97 Å². The van der Waals surface area contributed by atoms with Crippen molar-refractivity contribution in [2.75, 3.05) is 7.11 Å². The number of hydrogen-bond acceptors (Lipinski definition) is 4. The summed E-state index contributed by atoms with van der Waals surface area (Å²) in [6, 6.07) is 0. The van der Waals surface area contributed by atoms with Gasteiger partial charge in [-0.2, -0.15) is 0 Å². The maximum Gasteiger partial charge on any atom is 0.308 e. The number of aliphatic hydroxyl groups excluding tert-OH is 2. The Hall–Kier alpha value is -0.870. The number of carbonyl (C=O) groups excluding carboxylic acids is 1. The van der Waals surface area contributed by atoms with Gasteiger partial charge in [0.05, 0.1) is 25.2 Å². The molecule has 0 unspecified atom stereocenters. The second-order valence-corrected chi connectivity index (χ2v) is 12.1. The molecule has 4 nitrogen and oxygen atoms in total. The highest BCUT2D eigenvalue weighted by atomic mass is 16.5. The zero-order valence-corrected chi connectivity index (χ0v) is 20.0. The van der Waals surface area contributed by atoms with Gasteiger partial charge >= 0.3 is 5.97 Å². The molecule has 0 aromatic heterocycles. The summed E-state index contributed by atoms with van der Waals surface area (Å²) in [6.07, 6.45) is 6.01. The molecule has 0 radical (unpaired) electrons. The minimum atomic E-state index is -0.452. The molecule has 8 atom stereocenters. The number of esters is 1. The van der Waals surface area contributed by atoms with Crippen LogP contribution in [0.1, 0.15) is 86.5 Å². The van der Waals surface area contributed by atoms with Gasteiger partial charge in [0.15, 0.2) is 0 Å². The lowest BCUT2D eigenvalue weighted by Crippen LogP contribution is -2.58. The van der Waals surface area contributed by atoms with Gasteiger partial charge in [0.2, 0.25) is 0 Å². The van der Waals surface area contributed by atoms with Gasteiger partial charge in [-0.25, -0.2) is 0 Å². The molecule has 0 amide bonds. The second kappa shape index (κ2) is 6.81. The van der Waals surface area contributed by atoms with Gasteiger partial charge in [0.1, 0.15) is 0 Å². The second-order valence-electron chi connectivity index (χ2n) is 12.1. The van der Waals surface area contributed by atoms with Crippen LogP contribution in [0.2, 0.25) is 0 Å². The first-order chi connectivity index (χ1) is 13.9. The summed E-state index contributed by atoms with van der Waals surface area (Å²) in [6.45, 7) is 13.5. The van der Waals surface area contributed by atoms with E-state index in [1.807, 2.05) is 6.92 Å². The van der Waals surface area contributed by atoms with E-state index in [9.17, 15) is 15.0 Å². The highest BCUT2D eigenvalue weighted by Gasteiger charge is 2.66. The van der Waals surface area contributed by atoms with Crippen LogP contribution in [0.4, 0.5) is 0 Å². The zero-order valence-electron chi connectivity index (χ0n) is 20.0. The molecule has 2 saturated carbocycles. The van der Waals surface area contributed by atoms with E-state index in [4.69, 9.17) is 4.74 Å². The van der Waals surface area contributed by atoms with E-state index in [1.165, 1.54) is 12.7 Å². The molecule has 4 rings (SSSR count). The molecule has 0 aromatic rings. The first-order valence-electron chi connectivity index (χ1n) is 12.0. The highest BCUT2D eigenvalue weighted by Crippen LogP contribution is 2.72. The third kappa shape index (κ3) is 2.56. The minimum absolute atomic E-state index is 0.0493. The van der Waals surface area contributed by atoms with E-state index in [0.717, 1.165) is 38.5 Å². The molecule has 30 heavy (non-hydrogen) atoms. The number of hydrogen-bond donors (Lipinski definition) is 2. The van der Waals surface area contributed by atoms with Crippen molar-refractivity contribution in [1.29, 1.82) is 0 Å². The van der Waals surface area contributed by atoms with Gasteiger partial charge < -0.3 is 14.9 Å². The minimum Gasteiger partial charge on any atom is -0.469 e.